The van der Waals surface area contributed by atoms with Gasteiger partial charge in [-0.3, -0.25) is 14.5 Å². The first-order valence-electron chi connectivity index (χ1n) is 4.82. The van der Waals surface area contributed by atoms with Gasteiger partial charge in [0, 0.05) is 6.54 Å². The van der Waals surface area contributed by atoms with Crippen molar-refractivity contribution >= 4 is 11.9 Å². The summed E-state index contributed by atoms with van der Waals surface area (Å²) in [7, 11) is 1.52. The van der Waals surface area contributed by atoms with E-state index in [9.17, 15) is 9.59 Å². The number of carbonyl (C=O) groups is 2. The predicted octanol–water partition coefficient (Wildman–Crippen LogP) is -1.14. The van der Waals surface area contributed by atoms with Gasteiger partial charge in [-0.25, -0.2) is 0 Å². The average molecular weight is 235 g/mol. The van der Waals surface area contributed by atoms with E-state index in [2.05, 4.69) is 0 Å². The molecule has 7 nitrogen and oxygen atoms in total. The molecule has 1 atom stereocenters. The van der Waals surface area contributed by atoms with Crippen LogP contribution in [-0.4, -0.2) is 71.6 Å². The Morgan fingerprint density at radius 2 is 1.94 bits per heavy atom. The zero-order valence-electron chi connectivity index (χ0n) is 9.13. The quantitative estimate of drug-likeness (QED) is 0.433. The van der Waals surface area contributed by atoms with Crippen molar-refractivity contribution in [3.8, 4) is 0 Å². The third kappa shape index (κ3) is 6.33. The molecule has 0 spiro atoms. The molecule has 0 aromatic rings. The Balaban J connectivity index is 4.02. The van der Waals surface area contributed by atoms with Gasteiger partial charge in [-0.1, -0.05) is 0 Å². The van der Waals surface area contributed by atoms with E-state index in [1.54, 1.807) is 0 Å². The number of carboxylic acid groups (broad SMARTS) is 2. The molecule has 7 heteroatoms. The van der Waals surface area contributed by atoms with Crippen molar-refractivity contribution in [2.24, 2.45) is 0 Å². The van der Waals surface area contributed by atoms with Gasteiger partial charge in [0.2, 0.25) is 0 Å². The lowest BCUT2D eigenvalue weighted by Gasteiger charge is -2.22. The molecule has 0 saturated heterocycles. The summed E-state index contributed by atoms with van der Waals surface area (Å²) in [4.78, 5) is 22.6. The minimum absolute atomic E-state index is 0.0960. The molecule has 16 heavy (non-hydrogen) atoms. The Bertz CT molecular complexity index is 232. The Kier molecular flexibility index (Phi) is 7.44. The van der Waals surface area contributed by atoms with Gasteiger partial charge in [-0.05, 0) is 7.05 Å². The average Bonchev–Trinajstić information content (AvgIpc) is 2.20. The summed E-state index contributed by atoms with van der Waals surface area (Å²) in [5.74, 6) is -2.33. The molecule has 0 aliphatic rings. The van der Waals surface area contributed by atoms with Crippen molar-refractivity contribution in [2.75, 3.05) is 33.4 Å². The smallest absolute Gasteiger partial charge is 0.321 e. The number of hydrogen-bond donors (Lipinski definition) is 3. The highest BCUT2D eigenvalue weighted by molar-refractivity contribution is 5.80. The minimum atomic E-state index is -1.17. The second kappa shape index (κ2) is 8.03. The first-order chi connectivity index (χ1) is 7.49. The predicted molar refractivity (Wildman–Crippen MR) is 54.2 cm³/mol. The highest BCUT2D eigenvalue weighted by Gasteiger charge is 2.25. The summed E-state index contributed by atoms with van der Waals surface area (Å²) in [6.45, 7) is 0.635. The van der Waals surface area contributed by atoms with Crippen molar-refractivity contribution in [3.63, 3.8) is 0 Å². The topological polar surface area (TPSA) is 107 Å². The van der Waals surface area contributed by atoms with Crippen molar-refractivity contribution in [2.45, 2.75) is 12.5 Å². The lowest BCUT2D eigenvalue weighted by molar-refractivity contribution is -0.149. The number of aliphatic carboxylic acids is 2. The van der Waals surface area contributed by atoms with Crippen molar-refractivity contribution in [1.29, 1.82) is 0 Å². The van der Waals surface area contributed by atoms with E-state index in [-0.39, 0.29) is 19.8 Å². The molecule has 0 saturated carbocycles. The summed E-state index contributed by atoms with van der Waals surface area (Å²) >= 11 is 0. The van der Waals surface area contributed by atoms with Gasteiger partial charge in [0.05, 0.1) is 26.2 Å². The van der Waals surface area contributed by atoms with Crippen LogP contribution in [0.1, 0.15) is 6.42 Å². The van der Waals surface area contributed by atoms with Crippen molar-refractivity contribution in [1.82, 2.24) is 4.90 Å². The number of aliphatic hydroxyl groups excluding tert-OH is 1. The molecule has 94 valence electrons. The molecule has 0 amide bonds. The number of likely N-dealkylation sites (N-methyl/N-ethyl adjacent to an activating group) is 1. The molecule has 0 aliphatic heterocycles. The molecule has 1 unspecified atom stereocenters. The Labute approximate surface area is 93.2 Å². The van der Waals surface area contributed by atoms with Crippen molar-refractivity contribution in [3.05, 3.63) is 0 Å². The lowest BCUT2D eigenvalue weighted by atomic mass is 10.2. The van der Waals surface area contributed by atoms with E-state index in [1.807, 2.05) is 0 Å². The van der Waals surface area contributed by atoms with Gasteiger partial charge in [0.1, 0.15) is 6.04 Å². The SMILES string of the molecule is CN(CCOCCO)C(CC(=O)O)C(=O)O. The van der Waals surface area contributed by atoms with Crippen LogP contribution in [0.3, 0.4) is 0 Å². The van der Waals surface area contributed by atoms with Crippen molar-refractivity contribution < 1.29 is 29.6 Å². The molecule has 0 aromatic heterocycles. The first kappa shape index (κ1) is 14.8. The Morgan fingerprint density at radius 1 is 1.31 bits per heavy atom. The van der Waals surface area contributed by atoms with E-state index in [0.29, 0.717) is 6.54 Å². The maximum absolute atomic E-state index is 10.8. The molecular weight excluding hydrogens is 218 g/mol. The first-order valence-corrected chi connectivity index (χ1v) is 4.82. The molecule has 0 fully saturated rings. The molecule has 0 aromatic carbocycles. The Hall–Kier alpha value is -1.18. The highest BCUT2D eigenvalue weighted by atomic mass is 16.5. The van der Waals surface area contributed by atoms with Crippen LogP contribution in [0.2, 0.25) is 0 Å². The largest absolute Gasteiger partial charge is 0.481 e. The van der Waals surface area contributed by atoms with Gasteiger partial charge in [0.25, 0.3) is 0 Å². The molecule has 0 bridgehead atoms. The van der Waals surface area contributed by atoms with Crippen LogP contribution in [0.15, 0.2) is 0 Å². The number of aliphatic hydroxyl groups is 1. The number of ether oxygens (including phenoxy) is 1. The van der Waals surface area contributed by atoms with E-state index in [0.717, 1.165) is 0 Å². The van der Waals surface area contributed by atoms with Gasteiger partial charge in [0.15, 0.2) is 0 Å². The summed E-state index contributed by atoms with van der Waals surface area (Å²) in [5, 5.41) is 25.8. The van der Waals surface area contributed by atoms with Crippen LogP contribution < -0.4 is 0 Å². The number of nitrogens with zero attached hydrogens (tertiary/aromatic N) is 1. The third-order valence-corrected chi connectivity index (χ3v) is 2.01. The van der Waals surface area contributed by atoms with E-state index >= 15 is 0 Å². The number of carboxylic acids is 2. The summed E-state index contributed by atoms with van der Waals surface area (Å²) in [5.41, 5.74) is 0. The van der Waals surface area contributed by atoms with Gasteiger partial charge < -0.3 is 20.1 Å². The number of hydrogen-bond acceptors (Lipinski definition) is 5. The Morgan fingerprint density at radius 3 is 2.38 bits per heavy atom. The molecule has 0 radical (unpaired) electrons. The van der Waals surface area contributed by atoms with Crippen LogP contribution in [0.5, 0.6) is 0 Å². The maximum Gasteiger partial charge on any atom is 0.321 e. The standard InChI is InChI=1S/C9H17NO6/c1-10(2-4-16-5-3-11)7(9(14)15)6-8(12)13/h7,11H,2-6H2,1H3,(H,12,13)(H,14,15). The summed E-state index contributed by atoms with van der Waals surface area (Å²) in [6, 6.07) is -1.06. The fraction of sp³-hybridized carbons (Fsp3) is 0.778. The van der Waals surface area contributed by atoms with E-state index in [1.165, 1.54) is 11.9 Å². The maximum atomic E-state index is 10.8. The fourth-order valence-corrected chi connectivity index (χ4v) is 1.13. The molecule has 0 heterocycles. The lowest BCUT2D eigenvalue weighted by Crippen LogP contribution is -2.41. The third-order valence-electron chi connectivity index (χ3n) is 2.01. The monoisotopic (exact) mass is 235 g/mol. The van der Waals surface area contributed by atoms with Crippen LogP contribution >= 0.6 is 0 Å². The van der Waals surface area contributed by atoms with E-state index < -0.39 is 24.4 Å². The second-order valence-corrected chi connectivity index (χ2v) is 3.27. The van der Waals surface area contributed by atoms with E-state index in [4.69, 9.17) is 20.1 Å². The van der Waals surface area contributed by atoms with Crippen LogP contribution in [0.4, 0.5) is 0 Å². The normalized spacial score (nSPS) is 12.7. The van der Waals surface area contributed by atoms with Gasteiger partial charge >= 0.3 is 11.9 Å². The molecular formula is C9H17NO6. The van der Waals surface area contributed by atoms with Crippen LogP contribution in [-0.2, 0) is 14.3 Å². The second-order valence-electron chi connectivity index (χ2n) is 3.27. The summed E-state index contributed by atoms with van der Waals surface area (Å²) in [6.07, 6.45) is -0.453. The summed E-state index contributed by atoms with van der Waals surface area (Å²) < 4.78 is 4.96. The minimum Gasteiger partial charge on any atom is -0.481 e. The fourth-order valence-electron chi connectivity index (χ4n) is 1.13. The van der Waals surface area contributed by atoms with Gasteiger partial charge in [-0.2, -0.15) is 0 Å². The van der Waals surface area contributed by atoms with Crippen LogP contribution in [0.25, 0.3) is 0 Å². The zero-order valence-corrected chi connectivity index (χ0v) is 9.13. The zero-order chi connectivity index (χ0) is 12.6. The van der Waals surface area contributed by atoms with Crippen LogP contribution in [0, 0.1) is 0 Å². The molecule has 0 aliphatic carbocycles. The molecule has 0 rings (SSSR count). The number of rotatable bonds is 9. The van der Waals surface area contributed by atoms with Gasteiger partial charge in [-0.15, -0.1) is 0 Å². The highest BCUT2D eigenvalue weighted by Crippen LogP contribution is 2.02. The molecule has 3 N–H and O–H groups in total.